The number of rotatable bonds is 5. The lowest BCUT2D eigenvalue weighted by atomic mass is 10.2. The second-order valence-electron chi connectivity index (χ2n) is 3.77. The van der Waals surface area contributed by atoms with Gasteiger partial charge in [0.1, 0.15) is 0 Å². The van der Waals surface area contributed by atoms with Crippen molar-refractivity contribution >= 4 is 29.2 Å². The van der Waals surface area contributed by atoms with Crippen molar-refractivity contribution in [1.82, 2.24) is 5.32 Å². The predicted molar refractivity (Wildman–Crippen MR) is 83.4 cm³/mol. The highest BCUT2D eigenvalue weighted by Gasteiger charge is 2.03. The molecule has 0 aliphatic rings. The van der Waals surface area contributed by atoms with E-state index in [9.17, 15) is 0 Å². The van der Waals surface area contributed by atoms with E-state index in [1.807, 2.05) is 42.5 Å². The Morgan fingerprint density at radius 2 is 2.11 bits per heavy atom. The fraction of sp³-hybridized carbons (Fsp3) is 0.286. The maximum atomic E-state index is 5.27. The molecule has 0 spiro atoms. The highest BCUT2D eigenvalue weighted by atomic mass is 32.1. The first kappa shape index (κ1) is 14.4. The number of thiocarbonyl (C=S) groups is 1. The largest absolute Gasteiger partial charge is 0.356 e. The van der Waals surface area contributed by atoms with E-state index in [4.69, 9.17) is 12.2 Å². The molecule has 1 aromatic carbocycles. The molecule has 0 aliphatic carbocycles. The van der Waals surface area contributed by atoms with Gasteiger partial charge < -0.3 is 10.6 Å². The van der Waals surface area contributed by atoms with Crippen LogP contribution in [-0.4, -0.2) is 24.4 Å². The van der Waals surface area contributed by atoms with E-state index in [1.54, 1.807) is 13.3 Å². The van der Waals surface area contributed by atoms with Crippen LogP contribution in [-0.2, 0) is 0 Å². The number of para-hydroxylation sites is 1. The number of aliphatic imine (C=N–C) groups is 1. The van der Waals surface area contributed by atoms with Gasteiger partial charge in [-0.2, -0.15) is 0 Å². The summed E-state index contributed by atoms with van der Waals surface area (Å²) in [5, 5.41) is 7.03. The number of hydrogen-bond acceptors (Lipinski definition) is 2. The monoisotopic (exact) mass is 261 g/mol. The van der Waals surface area contributed by atoms with Crippen LogP contribution in [0.3, 0.4) is 0 Å². The molecule has 3 nitrogen and oxygen atoms in total. The minimum absolute atomic E-state index is 0.215. The summed E-state index contributed by atoms with van der Waals surface area (Å²) in [6.45, 7) is 2.11. The molecule has 0 amide bonds. The lowest BCUT2D eigenvalue weighted by molar-refractivity contribution is 0.707. The smallest absolute Gasteiger partial charge is 0.171 e. The molecular formula is C14H19N3S. The van der Waals surface area contributed by atoms with Gasteiger partial charge in [-0.1, -0.05) is 31.2 Å². The van der Waals surface area contributed by atoms with Crippen molar-refractivity contribution in [3.8, 4) is 0 Å². The first-order chi connectivity index (χ1) is 8.76. The van der Waals surface area contributed by atoms with Crippen LogP contribution < -0.4 is 10.6 Å². The lowest BCUT2D eigenvalue weighted by Gasteiger charge is -2.16. The maximum absolute atomic E-state index is 5.27. The van der Waals surface area contributed by atoms with Crippen LogP contribution in [0.2, 0.25) is 0 Å². The molecular weight excluding hydrogens is 242 g/mol. The van der Waals surface area contributed by atoms with Gasteiger partial charge in [-0.25, -0.2) is 0 Å². The molecule has 0 heterocycles. The van der Waals surface area contributed by atoms with E-state index < -0.39 is 0 Å². The SMILES string of the molecule is CCC(/C=C\C=NC)NC(=S)Nc1ccccc1. The third-order valence-corrected chi connectivity index (χ3v) is 2.59. The normalized spacial score (nSPS) is 12.8. The Morgan fingerprint density at radius 3 is 2.72 bits per heavy atom. The van der Waals surface area contributed by atoms with Crippen molar-refractivity contribution in [3.63, 3.8) is 0 Å². The molecule has 0 fully saturated rings. The summed E-state index contributed by atoms with van der Waals surface area (Å²) >= 11 is 5.27. The summed E-state index contributed by atoms with van der Waals surface area (Å²) in [5.74, 6) is 0. The van der Waals surface area contributed by atoms with Gasteiger partial charge in [0.15, 0.2) is 5.11 Å². The molecule has 2 N–H and O–H groups in total. The molecule has 1 unspecified atom stereocenters. The van der Waals surface area contributed by atoms with Crippen molar-refractivity contribution in [1.29, 1.82) is 0 Å². The van der Waals surface area contributed by atoms with Crippen LogP contribution in [0.5, 0.6) is 0 Å². The molecule has 0 saturated heterocycles. The van der Waals surface area contributed by atoms with Crippen LogP contribution in [0.4, 0.5) is 5.69 Å². The van der Waals surface area contributed by atoms with E-state index in [0.29, 0.717) is 5.11 Å². The summed E-state index contributed by atoms with van der Waals surface area (Å²) in [7, 11) is 1.75. The molecule has 4 heteroatoms. The Hall–Kier alpha value is -1.68. The fourth-order valence-corrected chi connectivity index (χ4v) is 1.68. The van der Waals surface area contributed by atoms with E-state index in [1.165, 1.54) is 0 Å². The average Bonchev–Trinajstić information content (AvgIpc) is 2.39. The van der Waals surface area contributed by atoms with Crippen molar-refractivity contribution < 1.29 is 0 Å². The zero-order valence-electron chi connectivity index (χ0n) is 10.8. The van der Waals surface area contributed by atoms with E-state index >= 15 is 0 Å². The quantitative estimate of drug-likeness (QED) is 0.632. The highest BCUT2D eigenvalue weighted by Crippen LogP contribution is 2.05. The van der Waals surface area contributed by atoms with Gasteiger partial charge in [0, 0.05) is 25.0 Å². The van der Waals surface area contributed by atoms with Crippen molar-refractivity contribution in [2.24, 2.45) is 4.99 Å². The second-order valence-corrected chi connectivity index (χ2v) is 4.18. The zero-order chi connectivity index (χ0) is 13.2. The van der Waals surface area contributed by atoms with Gasteiger partial charge in [-0.15, -0.1) is 0 Å². The second kappa shape index (κ2) is 8.42. The molecule has 0 radical (unpaired) electrons. The molecule has 0 aliphatic heterocycles. The first-order valence-electron chi connectivity index (χ1n) is 5.97. The van der Waals surface area contributed by atoms with Gasteiger partial charge in [0.05, 0.1) is 0 Å². The number of nitrogens with one attached hydrogen (secondary N) is 2. The maximum Gasteiger partial charge on any atom is 0.171 e. The standard InChI is InChI=1S/C14H19N3S/c1-3-12(10-7-11-15-2)16-14(18)17-13-8-5-4-6-9-13/h4-12H,3H2,1-2H3,(H2,16,17,18)/b10-7-,15-11?. The molecule has 1 atom stereocenters. The minimum Gasteiger partial charge on any atom is -0.356 e. The molecule has 18 heavy (non-hydrogen) atoms. The third kappa shape index (κ3) is 5.59. The Morgan fingerprint density at radius 1 is 1.39 bits per heavy atom. The van der Waals surface area contributed by atoms with Gasteiger partial charge in [-0.05, 0) is 36.8 Å². The number of hydrogen-bond donors (Lipinski definition) is 2. The molecule has 0 bridgehead atoms. The zero-order valence-corrected chi connectivity index (χ0v) is 11.6. The first-order valence-corrected chi connectivity index (χ1v) is 6.38. The van der Waals surface area contributed by atoms with Crippen LogP contribution >= 0.6 is 12.2 Å². The Bertz CT molecular complexity index is 412. The molecule has 96 valence electrons. The topological polar surface area (TPSA) is 36.4 Å². The number of nitrogens with zero attached hydrogens (tertiary/aromatic N) is 1. The van der Waals surface area contributed by atoms with Crippen molar-refractivity contribution in [2.75, 3.05) is 12.4 Å². The van der Waals surface area contributed by atoms with Gasteiger partial charge >= 0.3 is 0 Å². The van der Waals surface area contributed by atoms with Gasteiger partial charge in [-0.3, -0.25) is 4.99 Å². The lowest BCUT2D eigenvalue weighted by Crippen LogP contribution is -2.36. The van der Waals surface area contributed by atoms with E-state index in [2.05, 4.69) is 22.5 Å². The average molecular weight is 261 g/mol. The summed E-state index contributed by atoms with van der Waals surface area (Å²) < 4.78 is 0. The van der Waals surface area contributed by atoms with Crippen LogP contribution in [0.25, 0.3) is 0 Å². The number of benzene rings is 1. The fourth-order valence-electron chi connectivity index (χ4n) is 1.41. The summed E-state index contributed by atoms with van der Waals surface area (Å²) in [4.78, 5) is 3.90. The predicted octanol–water partition coefficient (Wildman–Crippen LogP) is 3.01. The van der Waals surface area contributed by atoms with Gasteiger partial charge in [0.25, 0.3) is 0 Å². The van der Waals surface area contributed by atoms with Crippen LogP contribution in [0.1, 0.15) is 13.3 Å². The Labute approximate surface area is 114 Å². The summed E-state index contributed by atoms with van der Waals surface area (Å²) in [5.41, 5.74) is 0.990. The van der Waals surface area contributed by atoms with Crippen LogP contribution in [0.15, 0.2) is 47.5 Å². The molecule has 1 rings (SSSR count). The minimum atomic E-state index is 0.215. The van der Waals surface area contributed by atoms with Crippen molar-refractivity contribution in [3.05, 3.63) is 42.5 Å². The number of anilines is 1. The Balaban J connectivity index is 2.47. The third-order valence-electron chi connectivity index (χ3n) is 2.37. The van der Waals surface area contributed by atoms with E-state index in [-0.39, 0.29) is 6.04 Å². The van der Waals surface area contributed by atoms with Crippen LogP contribution in [0, 0.1) is 0 Å². The molecule has 0 aromatic heterocycles. The molecule has 0 saturated carbocycles. The summed E-state index contributed by atoms with van der Waals surface area (Å²) in [6, 6.07) is 10.1. The summed E-state index contributed by atoms with van der Waals surface area (Å²) in [6.07, 6.45) is 6.70. The van der Waals surface area contributed by atoms with Gasteiger partial charge in [0.2, 0.25) is 0 Å². The molecule has 1 aromatic rings. The van der Waals surface area contributed by atoms with Crippen molar-refractivity contribution in [2.45, 2.75) is 19.4 Å². The van der Waals surface area contributed by atoms with E-state index in [0.717, 1.165) is 12.1 Å². The highest BCUT2D eigenvalue weighted by molar-refractivity contribution is 7.80. The number of allylic oxidation sites excluding steroid dienone is 1. The Kier molecular flexibility index (Phi) is 6.72.